The van der Waals surface area contributed by atoms with E-state index in [0.717, 1.165) is 5.69 Å². The first-order valence-corrected chi connectivity index (χ1v) is 12.3. The molecular formula is C23H25N5O4S. The van der Waals surface area contributed by atoms with E-state index in [1.807, 2.05) is 12.1 Å². The third-order valence-electron chi connectivity index (χ3n) is 5.22. The molecular weight excluding hydrogens is 442 g/mol. The van der Waals surface area contributed by atoms with Crippen LogP contribution < -0.4 is 10.6 Å². The fraction of sp³-hybridized carbons (Fsp3) is 0.261. The number of rotatable bonds is 7. The largest absolute Gasteiger partial charge is 0.378 e. The van der Waals surface area contributed by atoms with Crippen LogP contribution in [0.3, 0.4) is 0 Å². The zero-order valence-electron chi connectivity index (χ0n) is 18.2. The highest BCUT2D eigenvalue weighted by atomic mass is 32.2. The van der Waals surface area contributed by atoms with Crippen molar-refractivity contribution in [1.82, 2.24) is 14.9 Å². The number of carbonyl (C=O) groups is 1. The van der Waals surface area contributed by atoms with Crippen molar-refractivity contribution in [2.24, 2.45) is 0 Å². The topological polar surface area (TPSA) is 114 Å². The first-order chi connectivity index (χ1) is 15.9. The Balaban J connectivity index is 1.43. The molecule has 1 aliphatic rings. The number of aromatic nitrogens is 2. The van der Waals surface area contributed by atoms with Crippen LogP contribution in [-0.2, 0) is 14.6 Å². The van der Waals surface area contributed by atoms with Crippen molar-refractivity contribution >= 4 is 38.8 Å². The minimum Gasteiger partial charge on any atom is -0.378 e. The lowest BCUT2D eigenvalue weighted by Crippen LogP contribution is -2.40. The van der Waals surface area contributed by atoms with Gasteiger partial charge in [-0.15, -0.1) is 0 Å². The Kier molecular flexibility index (Phi) is 6.85. The Morgan fingerprint density at radius 3 is 2.30 bits per heavy atom. The summed E-state index contributed by atoms with van der Waals surface area (Å²) in [6.45, 7) is 3.94. The van der Waals surface area contributed by atoms with Crippen molar-refractivity contribution in [3.05, 3.63) is 66.5 Å². The van der Waals surface area contributed by atoms with Gasteiger partial charge < -0.3 is 20.3 Å². The molecule has 0 aliphatic carbocycles. The SMILES string of the molecule is CCS(=O)(=O)c1cccc(Nc2cc(Nc3ccc(C(=O)N4CCOCC4)cc3)ncn2)c1. The highest BCUT2D eigenvalue weighted by Crippen LogP contribution is 2.22. The molecule has 0 unspecified atom stereocenters. The molecule has 1 amide bonds. The number of benzene rings is 2. The van der Waals surface area contributed by atoms with Gasteiger partial charge in [-0.2, -0.15) is 0 Å². The molecule has 0 radical (unpaired) electrons. The summed E-state index contributed by atoms with van der Waals surface area (Å²) in [5, 5.41) is 6.30. The Morgan fingerprint density at radius 1 is 0.970 bits per heavy atom. The van der Waals surface area contributed by atoms with E-state index in [-0.39, 0.29) is 16.6 Å². The van der Waals surface area contributed by atoms with E-state index >= 15 is 0 Å². The van der Waals surface area contributed by atoms with Crippen molar-refractivity contribution in [2.75, 3.05) is 42.7 Å². The second kappa shape index (κ2) is 9.97. The number of nitrogens with zero attached hydrogens (tertiary/aromatic N) is 3. The molecule has 2 N–H and O–H groups in total. The third kappa shape index (κ3) is 5.65. The van der Waals surface area contributed by atoms with Gasteiger partial charge in [0.2, 0.25) is 0 Å². The molecule has 1 aliphatic heterocycles. The van der Waals surface area contributed by atoms with Gasteiger partial charge in [-0.1, -0.05) is 13.0 Å². The molecule has 9 nitrogen and oxygen atoms in total. The van der Waals surface area contributed by atoms with E-state index in [1.165, 1.54) is 6.33 Å². The zero-order valence-corrected chi connectivity index (χ0v) is 19.0. The molecule has 10 heteroatoms. The van der Waals surface area contributed by atoms with Crippen LogP contribution in [0.15, 0.2) is 65.8 Å². The van der Waals surface area contributed by atoms with E-state index in [1.54, 1.807) is 54.3 Å². The molecule has 0 spiro atoms. The minimum absolute atomic E-state index is 0.00862. The zero-order chi connectivity index (χ0) is 23.3. The standard InChI is InChI=1S/C23H25N5O4S/c1-2-33(30,31)20-5-3-4-19(14-20)27-22-15-21(24-16-25-22)26-18-8-6-17(7-9-18)23(29)28-10-12-32-13-11-28/h3-9,14-16H,2,10-13H2,1H3,(H2,24,25,26,27). The van der Waals surface area contributed by atoms with E-state index in [4.69, 9.17) is 4.74 Å². The fourth-order valence-electron chi connectivity index (χ4n) is 3.37. The van der Waals surface area contributed by atoms with Crippen molar-refractivity contribution in [3.8, 4) is 0 Å². The fourth-order valence-corrected chi connectivity index (χ4v) is 4.29. The lowest BCUT2D eigenvalue weighted by Gasteiger charge is -2.26. The normalized spacial score (nSPS) is 14.0. The monoisotopic (exact) mass is 467 g/mol. The third-order valence-corrected chi connectivity index (χ3v) is 6.95. The Hall–Kier alpha value is -3.50. The summed E-state index contributed by atoms with van der Waals surface area (Å²) in [5.41, 5.74) is 2.00. The van der Waals surface area contributed by atoms with Gasteiger partial charge in [-0.25, -0.2) is 18.4 Å². The summed E-state index contributed by atoms with van der Waals surface area (Å²) in [6.07, 6.45) is 1.41. The van der Waals surface area contributed by atoms with Crippen LogP contribution in [-0.4, -0.2) is 61.2 Å². The highest BCUT2D eigenvalue weighted by molar-refractivity contribution is 7.91. The number of anilines is 4. The Bertz CT molecular complexity index is 1230. The molecule has 0 bridgehead atoms. The van der Waals surface area contributed by atoms with Gasteiger partial charge in [0.25, 0.3) is 5.91 Å². The van der Waals surface area contributed by atoms with Gasteiger partial charge in [0.05, 0.1) is 23.9 Å². The summed E-state index contributed by atoms with van der Waals surface area (Å²) < 4.78 is 29.5. The number of hydrogen-bond donors (Lipinski definition) is 2. The van der Waals surface area contributed by atoms with Gasteiger partial charge in [-0.3, -0.25) is 4.79 Å². The maximum atomic E-state index is 12.6. The van der Waals surface area contributed by atoms with E-state index in [2.05, 4.69) is 20.6 Å². The van der Waals surface area contributed by atoms with Crippen LogP contribution in [0.25, 0.3) is 0 Å². The number of carbonyl (C=O) groups excluding carboxylic acids is 1. The molecule has 1 aromatic heterocycles. The van der Waals surface area contributed by atoms with Crippen LogP contribution in [0.2, 0.25) is 0 Å². The summed E-state index contributed by atoms with van der Waals surface area (Å²) in [6, 6.07) is 15.5. The molecule has 3 aromatic rings. The van der Waals surface area contributed by atoms with Crippen LogP contribution in [0.1, 0.15) is 17.3 Å². The van der Waals surface area contributed by atoms with Gasteiger partial charge in [0.15, 0.2) is 9.84 Å². The van der Waals surface area contributed by atoms with Crippen LogP contribution in [0.4, 0.5) is 23.0 Å². The Morgan fingerprint density at radius 2 is 1.64 bits per heavy atom. The number of ether oxygens (including phenoxy) is 1. The first-order valence-electron chi connectivity index (χ1n) is 10.6. The smallest absolute Gasteiger partial charge is 0.254 e. The quantitative estimate of drug-likeness (QED) is 0.545. The molecule has 33 heavy (non-hydrogen) atoms. The second-order valence-corrected chi connectivity index (χ2v) is 9.73. The molecule has 0 saturated carbocycles. The van der Waals surface area contributed by atoms with E-state index in [9.17, 15) is 13.2 Å². The lowest BCUT2D eigenvalue weighted by molar-refractivity contribution is 0.0303. The maximum absolute atomic E-state index is 12.6. The lowest BCUT2D eigenvalue weighted by atomic mass is 10.1. The van der Waals surface area contributed by atoms with Crippen LogP contribution >= 0.6 is 0 Å². The van der Waals surface area contributed by atoms with Gasteiger partial charge in [-0.05, 0) is 42.5 Å². The second-order valence-electron chi connectivity index (χ2n) is 7.45. The average molecular weight is 468 g/mol. The number of amides is 1. The number of nitrogens with one attached hydrogen (secondary N) is 2. The minimum atomic E-state index is -3.30. The number of hydrogen-bond acceptors (Lipinski definition) is 8. The van der Waals surface area contributed by atoms with Crippen molar-refractivity contribution in [1.29, 1.82) is 0 Å². The van der Waals surface area contributed by atoms with Crippen LogP contribution in [0.5, 0.6) is 0 Å². The summed E-state index contributed by atoms with van der Waals surface area (Å²) >= 11 is 0. The molecule has 2 aromatic carbocycles. The summed E-state index contributed by atoms with van der Waals surface area (Å²) in [7, 11) is -3.30. The van der Waals surface area contributed by atoms with Crippen molar-refractivity contribution in [3.63, 3.8) is 0 Å². The predicted molar refractivity (Wildman–Crippen MR) is 126 cm³/mol. The molecule has 172 valence electrons. The maximum Gasteiger partial charge on any atom is 0.254 e. The predicted octanol–water partition coefficient (Wildman–Crippen LogP) is 3.23. The van der Waals surface area contributed by atoms with Gasteiger partial charge in [0, 0.05) is 36.1 Å². The van der Waals surface area contributed by atoms with Crippen molar-refractivity contribution in [2.45, 2.75) is 11.8 Å². The molecule has 1 saturated heterocycles. The molecule has 2 heterocycles. The molecule has 4 rings (SSSR count). The first kappa shape index (κ1) is 22.7. The molecule has 1 fully saturated rings. The van der Waals surface area contributed by atoms with Gasteiger partial charge >= 0.3 is 0 Å². The van der Waals surface area contributed by atoms with Gasteiger partial charge in [0.1, 0.15) is 18.0 Å². The average Bonchev–Trinajstić information content (AvgIpc) is 2.85. The number of sulfone groups is 1. The number of morpholine rings is 1. The van der Waals surface area contributed by atoms with Crippen molar-refractivity contribution < 1.29 is 17.9 Å². The molecule has 0 atom stereocenters. The van der Waals surface area contributed by atoms with E-state index in [0.29, 0.717) is 49.2 Å². The van der Waals surface area contributed by atoms with Crippen LogP contribution in [0, 0.1) is 0 Å². The highest BCUT2D eigenvalue weighted by Gasteiger charge is 2.18. The van der Waals surface area contributed by atoms with E-state index < -0.39 is 9.84 Å². The summed E-state index contributed by atoms with van der Waals surface area (Å²) in [5.74, 6) is 1.09. The Labute approximate surface area is 192 Å². The summed E-state index contributed by atoms with van der Waals surface area (Å²) in [4.78, 5) is 23.1.